The molecule has 0 aliphatic heterocycles. The van der Waals surface area contributed by atoms with Gasteiger partial charge in [-0.1, -0.05) is 41.5 Å². The summed E-state index contributed by atoms with van der Waals surface area (Å²) in [4.78, 5) is 10.9. The number of hydrogen-bond acceptors (Lipinski definition) is 2. The van der Waals surface area contributed by atoms with Gasteiger partial charge >= 0.3 is 0 Å². The summed E-state index contributed by atoms with van der Waals surface area (Å²) in [5, 5.41) is 0.197. The summed E-state index contributed by atoms with van der Waals surface area (Å²) in [6.45, 7) is 17.3. The monoisotopic (exact) mass is 244 g/mol. The van der Waals surface area contributed by atoms with Crippen molar-refractivity contribution in [2.24, 2.45) is 11.8 Å². The van der Waals surface area contributed by atoms with Crippen molar-refractivity contribution in [2.45, 2.75) is 65.8 Å². The van der Waals surface area contributed by atoms with Crippen LogP contribution in [0, 0.1) is 11.8 Å². The molecule has 0 aromatic carbocycles. The number of carbonyl (C=O) groups excluding carboxylic acids is 1. The number of rotatable bonds is 5. The van der Waals surface area contributed by atoms with E-state index in [2.05, 4.69) is 47.7 Å². The standard InChI is InChI=1S/C13H28O2Si/c1-10(2)12(11(3)9-14)15-16(7,8)13(4,5)6/h9-12H,1-8H3/t11-,12+/m1/s1. The third-order valence-electron chi connectivity index (χ3n) is 3.63. The molecular formula is C13H28O2Si. The van der Waals surface area contributed by atoms with Gasteiger partial charge in [-0.25, -0.2) is 0 Å². The van der Waals surface area contributed by atoms with Crippen molar-refractivity contribution in [3.05, 3.63) is 0 Å². The van der Waals surface area contributed by atoms with Gasteiger partial charge in [-0.05, 0) is 24.1 Å². The Morgan fingerprint density at radius 1 is 1.12 bits per heavy atom. The molecule has 0 aliphatic rings. The Kier molecular flexibility index (Phi) is 5.40. The van der Waals surface area contributed by atoms with E-state index < -0.39 is 8.32 Å². The molecule has 0 saturated heterocycles. The van der Waals surface area contributed by atoms with Crippen LogP contribution in [0.1, 0.15) is 41.5 Å². The van der Waals surface area contributed by atoms with Crippen LogP contribution in [0.2, 0.25) is 18.1 Å². The average Bonchev–Trinajstić information content (AvgIpc) is 2.10. The molecule has 0 amide bonds. The third kappa shape index (κ3) is 4.02. The van der Waals surface area contributed by atoms with Crippen molar-refractivity contribution in [2.75, 3.05) is 0 Å². The molecule has 96 valence electrons. The molecule has 3 heteroatoms. The van der Waals surface area contributed by atoms with Crippen molar-refractivity contribution in [1.82, 2.24) is 0 Å². The minimum atomic E-state index is -1.77. The van der Waals surface area contributed by atoms with Crippen LogP contribution in [0.3, 0.4) is 0 Å². The zero-order valence-corrected chi connectivity index (χ0v) is 13.1. The van der Waals surface area contributed by atoms with Crippen LogP contribution in [-0.4, -0.2) is 20.7 Å². The Hall–Kier alpha value is -0.153. The van der Waals surface area contributed by atoms with Crippen LogP contribution in [-0.2, 0) is 9.22 Å². The lowest BCUT2D eigenvalue weighted by Gasteiger charge is -2.41. The van der Waals surface area contributed by atoms with Crippen molar-refractivity contribution in [1.29, 1.82) is 0 Å². The Balaban J connectivity index is 4.83. The van der Waals surface area contributed by atoms with Gasteiger partial charge in [-0.2, -0.15) is 0 Å². The van der Waals surface area contributed by atoms with Gasteiger partial charge < -0.3 is 9.22 Å². The maximum Gasteiger partial charge on any atom is 0.192 e. The normalized spacial score (nSPS) is 17.3. The van der Waals surface area contributed by atoms with Crippen LogP contribution < -0.4 is 0 Å². The predicted octanol–water partition coefficient (Wildman–Crippen LogP) is 3.87. The summed E-state index contributed by atoms with van der Waals surface area (Å²) in [7, 11) is -1.77. The summed E-state index contributed by atoms with van der Waals surface area (Å²) >= 11 is 0. The Morgan fingerprint density at radius 3 is 1.81 bits per heavy atom. The summed E-state index contributed by atoms with van der Waals surface area (Å²) < 4.78 is 6.32. The van der Waals surface area contributed by atoms with E-state index in [1.165, 1.54) is 0 Å². The van der Waals surface area contributed by atoms with E-state index in [9.17, 15) is 4.79 Å². The summed E-state index contributed by atoms with van der Waals surface area (Å²) in [5.74, 6) is 0.364. The van der Waals surface area contributed by atoms with Crippen molar-refractivity contribution >= 4 is 14.6 Å². The van der Waals surface area contributed by atoms with E-state index in [1.807, 2.05) is 6.92 Å². The van der Waals surface area contributed by atoms with E-state index >= 15 is 0 Å². The molecule has 2 nitrogen and oxygen atoms in total. The van der Waals surface area contributed by atoms with E-state index in [4.69, 9.17) is 4.43 Å². The molecule has 0 N–H and O–H groups in total. The topological polar surface area (TPSA) is 26.3 Å². The molecule has 0 radical (unpaired) electrons. The highest BCUT2D eigenvalue weighted by Crippen LogP contribution is 2.38. The molecule has 0 rings (SSSR count). The fourth-order valence-corrected chi connectivity index (χ4v) is 2.97. The predicted molar refractivity (Wildman–Crippen MR) is 72.1 cm³/mol. The molecule has 0 heterocycles. The lowest BCUT2D eigenvalue weighted by atomic mass is 9.96. The highest BCUT2D eigenvalue weighted by molar-refractivity contribution is 6.74. The van der Waals surface area contributed by atoms with Crippen LogP contribution in [0.25, 0.3) is 0 Å². The van der Waals surface area contributed by atoms with Gasteiger partial charge in [0.25, 0.3) is 0 Å². The summed E-state index contributed by atoms with van der Waals surface area (Å²) in [6.07, 6.45) is 1.07. The third-order valence-corrected chi connectivity index (χ3v) is 8.10. The highest BCUT2D eigenvalue weighted by atomic mass is 28.4. The maximum absolute atomic E-state index is 10.9. The van der Waals surface area contributed by atoms with Crippen LogP contribution in [0.15, 0.2) is 0 Å². The number of carbonyl (C=O) groups is 1. The van der Waals surface area contributed by atoms with Gasteiger partial charge in [0.05, 0.1) is 6.10 Å². The molecule has 0 fully saturated rings. The molecular weight excluding hydrogens is 216 g/mol. The first-order valence-electron chi connectivity index (χ1n) is 6.16. The van der Waals surface area contributed by atoms with Crippen molar-refractivity contribution in [3.8, 4) is 0 Å². The van der Waals surface area contributed by atoms with E-state index in [1.54, 1.807) is 0 Å². The molecule has 0 bridgehead atoms. The smallest absolute Gasteiger partial charge is 0.192 e. The minimum absolute atomic E-state index is 0.0193. The van der Waals surface area contributed by atoms with Crippen molar-refractivity contribution < 1.29 is 9.22 Å². The van der Waals surface area contributed by atoms with E-state index in [-0.39, 0.29) is 17.1 Å². The fourth-order valence-electron chi connectivity index (χ4n) is 1.44. The van der Waals surface area contributed by atoms with Crippen LogP contribution in [0.4, 0.5) is 0 Å². The Morgan fingerprint density at radius 2 is 1.56 bits per heavy atom. The van der Waals surface area contributed by atoms with E-state index in [0.29, 0.717) is 5.92 Å². The lowest BCUT2D eigenvalue weighted by molar-refractivity contribution is -0.114. The quantitative estimate of drug-likeness (QED) is 0.542. The van der Waals surface area contributed by atoms with Crippen LogP contribution in [0.5, 0.6) is 0 Å². The molecule has 0 saturated carbocycles. The minimum Gasteiger partial charge on any atom is -0.413 e. The molecule has 0 spiro atoms. The average molecular weight is 244 g/mol. The van der Waals surface area contributed by atoms with Gasteiger partial charge in [-0.3, -0.25) is 0 Å². The second kappa shape index (κ2) is 5.45. The van der Waals surface area contributed by atoms with Gasteiger partial charge in [0, 0.05) is 5.92 Å². The lowest BCUT2D eigenvalue weighted by Crippen LogP contribution is -2.47. The second-order valence-corrected chi connectivity index (χ2v) is 11.3. The second-order valence-electron chi connectivity index (χ2n) is 6.58. The summed E-state index contributed by atoms with van der Waals surface area (Å²) in [5.41, 5.74) is 0. The number of hydrogen-bond donors (Lipinski definition) is 0. The van der Waals surface area contributed by atoms with Crippen molar-refractivity contribution in [3.63, 3.8) is 0 Å². The fraction of sp³-hybridized carbons (Fsp3) is 0.923. The molecule has 0 aromatic rings. The summed E-state index contributed by atoms with van der Waals surface area (Å²) in [6, 6.07) is 0. The Bertz CT molecular complexity index is 229. The zero-order valence-electron chi connectivity index (χ0n) is 12.1. The first kappa shape index (κ1) is 15.8. The zero-order chi connectivity index (χ0) is 13.1. The molecule has 0 aromatic heterocycles. The first-order valence-corrected chi connectivity index (χ1v) is 9.07. The maximum atomic E-state index is 10.9. The Labute approximate surface area is 102 Å². The van der Waals surface area contributed by atoms with E-state index in [0.717, 1.165) is 6.29 Å². The van der Waals surface area contributed by atoms with Crippen LogP contribution >= 0.6 is 0 Å². The molecule has 0 unspecified atom stereocenters. The number of aldehydes is 1. The highest BCUT2D eigenvalue weighted by Gasteiger charge is 2.40. The van der Waals surface area contributed by atoms with Gasteiger partial charge in [0.1, 0.15) is 6.29 Å². The first-order chi connectivity index (χ1) is 7.03. The molecule has 2 atom stereocenters. The van der Waals surface area contributed by atoms with Gasteiger partial charge in [-0.15, -0.1) is 0 Å². The molecule has 0 aliphatic carbocycles. The molecule has 16 heavy (non-hydrogen) atoms. The SMILES string of the molecule is CC(C)[C@H](O[Si](C)(C)C(C)(C)C)[C@H](C)C=O. The largest absolute Gasteiger partial charge is 0.413 e. The van der Waals surface area contributed by atoms with Gasteiger partial charge in [0.2, 0.25) is 0 Å². The van der Waals surface area contributed by atoms with Gasteiger partial charge in [0.15, 0.2) is 8.32 Å².